The lowest BCUT2D eigenvalue weighted by Crippen LogP contribution is -2.38. The quantitative estimate of drug-likeness (QED) is 0.866. The van der Waals surface area contributed by atoms with Crippen molar-refractivity contribution in [1.29, 1.82) is 0 Å². The van der Waals surface area contributed by atoms with Crippen LogP contribution in [0.15, 0.2) is 41.2 Å². The molecule has 24 heavy (non-hydrogen) atoms. The third-order valence-corrected chi connectivity index (χ3v) is 5.26. The smallest absolute Gasteiger partial charge is 0.227 e. The van der Waals surface area contributed by atoms with Crippen LogP contribution in [-0.4, -0.2) is 26.3 Å². The number of aromatic nitrogens is 3. The minimum Gasteiger partial charge on any atom is -0.328 e. The maximum Gasteiger partial charge on any atom is 0.227 e. The summed E-state index contributed by atoms with van der Waals surface area (Å²) in [5.41, 5.74) is 3.28. The summed E-state index contributed by atoms with van der Waals surface area (Å²) in [7, 11) is 0. The molecule has 1 aromatic carbocycles. The number of thioether (sulfide) groups is 1. The molecule has 0 bridgehead atoms. The molecule has 1 aliphatic carbocycles. The van der Waals surface area contributed by atoms with Gasteiger partial charge in [-0.3, -0.25) is 4.79 Å². The SMILES string of the molecule is CCSc1nc2n(n1)[C@@H](c1cccc(C)c1)[C@@H]1C(=O)CCC=C1N2. The molecule has 0 fully saturated rings. The minimum atomic E-state index is -0.200. The Morgan fingerprint density at radius 1 is 1.42 bits per heavy atom. The van der Waals surface area contributed by atoms with Crippen LogP contribution in [0.2, 0.25) is 0 Å². The van der Waals surface area contributed by atoms with Crippen LogP contribution in [0.25, 0.3) is 0 Å². The van der Waals surface area contributed by atoms with Crippen LogP contribution in [0.3, 0.4) is 0 Å². The molecule has 4 rings (SSSR count). The van der Waals surface area contributed by atoms with Crippen LogP contribution in [0.5, 0.6) is 0 Å². The summed E-state index contributed by atoms with van der Waals surface area (Å²) in [6.45, 7) is 4.16. The zero-order valence-electron chi connectivity index (χ0n) is 13.8. The summed E-state index contributed by atoms with van der Waals surface area (Å²) < 4.78 is 1.90. The van der Waals surface area contributed by atoms with Crippen molar-refractivity contribution in [3.8, 4) is 0 Å². The van der Waals surface area contributed by atoms with Crippen molar-refractivity contribution in [2.75, 3.05) is 11.1 Å². The zero-order chi connectivity index (χ0) is 16.7. The number of allylic oxidation sites excluding steroid dienone is 2. The summed E-state index contributed by atoms with van der Waals surface area (Å²) in [5.74, 6) is 1.73. The molecule has 0 unspecified atom stereocenters. The van der Waals surface area contributed by atoms with Gasteiger partial charge in [-0.25, -0.2) is 4.68 Å². The number of hydrogen-bond acceptors (Lipinski definition) is 5. The topological polar surface area (TPSA) is 59.8 Å². The fraction of sp³-hybridized carbons (Fsp3) is 0.389. The fourth-order valence-corrected chi connectivity index (χ4v) is 4.09. The molecule has 0 radical (unpaired) electrons. The first-order valence-corrected chi connectivity index (χ1v) is 9.31. The Hall–Kier alpha value is -2.08. The van der Waals surface area contributed by atoms with E-state index in [1.54, 1.807) is 11.8 Å². The Morgan fingerprint density at radius 2 is 2.29 bits per heavy atom. The maximum absolute atomic E-state index is 12.7. The summed E-state index contributed by atoms with van der Waals surface area (Å²) in [5, 5.41) is 8.77. The predicted molar refractivity (Wildman–Crippen MR) is 95.2 cm³/mol. The van der Waals surface area contributed by atoms with Crippen molar-refractivity contribution in [1.82, 2.24) is 14.8 Å². The van der Waals surface area contributed by atoms with Crippen molar-refractivity contribution in [2.45, 2.75) is 37.9 Å². The van der Waals surface area contributed by atoms with Crippen molar-refractivity contribution in [3.63, 3.8) is 0 Å². The number of carbonyl (C=O) groups is 1. The summed E-state index contributed by atoms with van der Waals surface area (Å²) in [6, 6.07) is 8.22. The molecular formula is C18H20N4OS. The molecule has 2 atom stereocenters. The molecular weight excluding hydrogens is 320 g/mol. The number of carbonyl (C=O) groups excluding carboxylic acids is 1. The molecule has 1 N–H and O–H groups in total. The second-order valence-electron chi connectivity index (χ2n) is 6.22. The molecule has 124 valence electrons. The molecule has 0 saturated carbocycles. The van der Waals surface area contributed by atoms with E-state index in [9.17, 15) is 4.79 Å². The highest BCUT2D eigenvalue weighted by atomic mass is 32.2. The number of fused-ring (bicyclic) bond motifs is 2. The van der Waals surface area contributed by atoms with Gasteiger partial charge in [0.1, 0.15) is 5.78 Å². The summed E-state index contributed by atoms with van der Waals surface area (Å²) in [4.78, 5) is 17.3. The molecule has 2 aliphatic rings. The third-order valence-electron chi connectivity index (χ3n) is 4.54. The van der Waals surface area contributed by atoms with Crippen LogP contribution in [0.1, 0.15) is 36.9 Å². The van der Waals surface area contributed by atoms with Gasteiger partial charge >= 0.3 is 0 Å². The standard InChI is InChI=1S/C18H20N4OS/c1-3-24-18-20-17-19-13-8-5-9-14(23)15(13)16(22(17)21-18)12-7-4-6-11(2)10-12/h4,6-8,10,15-16H,3,5,9H2,1-2H3,(H,19,20,21)/t15-,16-/m0/s1. The first-order valence-electron chi connectivity index (χ1n) is 8.33. The summed E-state index contributed by atoms with van der Waals surface area (Å²) in [6.07, 6.45) is 3.53. The minimum absolute atomic E-state index is 0.126. The second kappa shape index (κ2) is 6.09. The van der Waals surface area contributed by atoms with Crippen molar-refractivity contribution < 1.29 is 4.79 Å². The van der Waals surface area contributed by atoms with E-state index >= 15 is 0 Å². The van der Waals surface area contributed by atoms with Gasteiger partial charge in [0.15, 0.2) is 0 Å². The number of aryl methyl sites for hydroxylation is 1. The number of Topliss-reactive ketones (excluding diaryl/α,β-unsaturated/α-hetero) is 1. The highest BCUT2D eigenvalue weighted by molar-refractivity contribution is 7.99. The second-order valence-corrected chi connectivity index (χ2v) is 7.45. The molecule has 0 amide bonds. The number of anilines is 1. The summed E-state index contributed by atoms with van der Waals surface area (Å²) >= 11 is 1.62. The highest BCUT2D eigenvalue weighted by Gasteiger charge is 2.41. The van der Waals surface area contributed by atoms with E-state index < -0.39 is 0 Å². The number of ketones is 1. The first-order chi connectivity index (χ1) is 11.7. The van der Waals surface area contributed by atoms with Crippen LogP contribution in [0.4, 0.5) is 5.95 Å². The predicted octanol–water partition coefficient (Wildman–Crippen LogP) is 3.58. The van der Waals surface area contributed by atoms with Gasteiger partial charge in [0, 0.05) is 12.1 Å². The monoisotopic (exact) mass is 340 g/mol. The van der Waals surface area contributed by atoms with Gasteiger partial charge in [-0.1, -0.05) is 54.6 Å². The molecule has 6 heteroatoms. The van der Waals surface area contributed by atoms with Gasteiger partial charge in [-0.15, -0.1) is 5.10 Å². The molecule has 1 aliphatic heterocycles. The number of nitrogens with one attached hydrogen (secondary N) is 1. The number of benzene rings is 1. The Labute approximate surface area is 145 Å². The Kier molecular flexibility index (Phi) is 3.92. The molecule has 0 spiro atoms. The van der Waals surface area contributed by atoms with E-state index in [0.717, 1.165) is 34.5 Å². The maximum atomic E-state index is 12.7. The van der Waals surface area contributed by atoms with Crippen LogP contribution < -0.4 is 5.32 Å². The van der Waals surface area contributed by atoms with Gasteiger partial charge in [0.2, 0.25) is 11.1 Å². The third kappa shape index (κ3) is 2.55. The van der Waals surface area contributed by atoms with E-state index in [1.165, 1.54) is 5.56 Å². The van der Waals surface area contributed by atoms with Gasteiger partial charge in [0.05, 0.1) is 12.0 Å². The van der Waals surface area contributed by atoms with Gasteiger partial charge in [-0.05, 0) is 24.7 Å². The Bertz CT molecular complexity index is 826. The van der Waals surface area contributed by atoms with Crippen molar-refractivity contribution in [3.05, 3.63) is 47.2 Å². The van der Waals surface area contributed by atoms with Gasteiger partial charge < -0.3 is 5.32 Å². The molecule has 0 saturated heterocycles. The van der Waals surface area contributed by atoms with E-state index in [0.29, 0.717) is 6.42 Å². The van der Waals surface area contributed by atoms with E-state index in [4.69, 9.17) is 0 Å². The van der Waals surface area contributed by atoms with Crippen LogP contribution in [0, 0.1) is 12.8 Å². The van der Waals surface area contributed by atoms with Gasteiger partial charge in [-0.2, -0.15) is 4.98 Å². The van der Waals surface area contributed by atoms with E-state index in [-0.39, 0.29) is 17.7 Å². The number of nitrogens with zero attached hydrogens (tertiary/aromatic N) is 3. The normalized spacial score (nSPS) is 22.4. The van der Waals surface area contributed by atoms with Crippen LogP contribution in [-0.2, 0) is 4.79 Å². The number of hydrogen-bond donors (Lipinski definition) is 1. The van der Waals surface area contributed by atoms with E-state index in [1.807, 2.05) is 10.7 Å². The molecule has 5 nitrogen and oxygen atoms in total. The Morgan fingerprint density at radius 3 is 3.08 bits per heavy atom. The van der Waals surface area contributed by atoms with Crippen molar-refractivity contribution >= 4 is 23.5 Å². The average Bonchev–Trinajstić information content (AvgIpc) is 2.95. The first kappa shape index (κ1) is 15.4. The highest BCUT2D eigenvalue weighted by Crippen LogP contribution is 2.41. The van der Waals surface area contributed by atoms with E-state index in [2.05, 4.69) is 53.5 Å². The average molecular weight is 340 g/mol. The largest absolute Gasteiger partial charge is 0.328 e. The lowest BCUT2D eigenvalue weighted by molar-refractivity contribution is -0.123. The molecule has 2 heterocycles. The van der Waals surface area contributed by atoms with Gasteiger partial charge in [0.25, 0.3) is 0 Å². The molecule has 2 aromatic rings. The molecule has 1 aromatic heterocycles. The fourth-order valence-electron chi connectivity index (χ4n) is 3.53. The lowest BCUT2D eigenvalue weighted by atomic mass is 9.80. The lowest BCUT2D eigenvalue weighted by Gasteiger charge is -2.36. The zero-order valence-corrected chi connectivity index (χ0v) is 14.6. The number of rotatable bonds is 3. The van der Waals surface area contributed by atoms with Crippen LogP contribution >= 0.6 is 11.8 Å². The Balaban J connectivity index is 1.88. The van der Waals surface area contributed by atoms with Crippen molar-refractivity contribution in [2.24, 2.45) is 5.92 Å².